The van der Waals surface area contributed by atoms with Gasteiger partial charge in [0.1, 0.15) is 0 Å². The van der Waals surface area contributed by atoms with Gasteiger partial charge >= 0.3 is 0 Å². The molecular weight excluding hydrogens is 340 g/mol. The first-order chi connectivity index (χ1) is 10.6. The molecule has 0 aromatic heterocycles. The van der Waals surface area contributed by atoms with Gasteiger partial charge in [-0.25, -0.2) is 8.42 Å². The Kier molecular flexibility index (Phi) is 6.58. The molecule has 6 nitrogen and oxygen atoms in total. The summed E-state index contributed by atoms with van der Waals surface area (Å²) in [5.74, 6) is -0.694. The Balaban J connectivity index is 3.05. The van der Waals surface area contributed by atoms with E-state index in [1.54, 1.807) is 6.92 Å². The van der Waals surface area contributed by atoms with Crippen LogP contribution in [-0.2, 0) is 14.6 Å². The van der Waals surface area contributed by atoms with Gasteiger partial charge in [-0.1, -0.05) is 11.6 Å². The van der Waals surface area contributed by atoms with Crippen molar-refractivity contribution in [2.24, 2.45) is 0 Å². The van der Waals surface area contributed by atoms with Gasteiger partial charge in [0, 0.05) is 24.4 Å². The third kappa shape index (κ3) is 5.51. The fourth-order valence-electron chi connectivity index (χ4n) is 1.97. The molecule has 0 fully saturated rings. The second kappa shape index (κ2) is 7.79. The number of likely N-dealkylation sites (N-methyl/N-ethyl adjacent to an activating group) is 1. The van der Waals surface area contributed by atoms with E-state index in [0.29, 0.717) is 6.54 Å². The minimum Gasteiger partial charge on any atom is -0.352 e. The number of benzene rings is 1. The standard InChI is InChI=1S/C15H21ClN2O4S/c1-5-18(9-14(19)17-10(2)3)15(20)11-6-7-12(16)13(8-11)23(4,21)22/h6-8,10H,5,9H2,1-4H3,(H,17,19). The number of hydrogen-bond donors (Lipinski definition) is 1. The Morgan fingerprint density at radius 1 is 1.30 bits per heavy atom. The molecule has 1 rings (SSSR count). The van der Waals surface area contributed by atoms with Gasteiger partial charge < -0.3 is 10.2 Å². The molecule has 2 amide bonds. The summed E-state index contributed by atoms with van der Waals surface area (Å²) in [6.07, 6.45) is 1.02. The number of rotatable bonds is 6. The molecule has 0 saturated carbocycles. The van der Waals surface area contributed by atoms with Crippen LogP contribution in [0.25, 0.3) is 0 Å². The average molecular weight is 361 g/mol. The molecule has 0 bridgehead atoms. The van der Waals surface area contributed by atoms with E-state index in [4.69, 9.17) is 11.6 Å². The molecule has 128 valence electrons. The van der Waals surface area contributed by atoms with Crippen LogP contribution in [0.4, 0.5) is 0 Å². The SMILES string of the molecule is CCN(CC(=O)NC(C)C)C(=O)c1ccc(Cl)c(S(C)(=O)=O)c1. The highest BCUT2D eigenvalue weighted by atomic mass is 35.5. The molecule has 23 heavy (non-hydrogen) atoms. The van der Waals surface area contributed by atoms with Gasteiger partial charge in [-0.3, -0.25) is 9.59 Å². The molecule has 0 aliphatic heterocycles. The van der Waals surface area contributed by atoms with Gasteiger partial charge in [0.05, 0.1) is 16.5 Å². The molecule has 0 heterocycles. The van der Waals surface area contributed by atoms with Crippen LogP contribution in [-0.4, -0.2) is 50.5 Å². The van der Waals surface area contributed by atoms with Crippen molar-refractivity contribution in [3.05, 3.63) is 28.8 Å². The molecule has 0 atom stereocenters. The zero-order chi connectivity index (χ0) is 17.8. The van der Waals surface area contributed by atoms with Crippen molar-refractivity contribution in [1.29, 1.82) is 0 Å². The fourth-order valence-corrected chi connectivity index (χ4v) is 3.27. The van der Waals surface area contributed by atoms with Crippen LogP contribution in [0.3, 0.4) is 0 Å². The number of hydrogen-bond acceptors (Lipinski definition) is 4. The van der Waals surface area contributed by atoms with Crippen molar-refractivity contribution in [3.63, 3.8) is 0 Å². The summed E-state index contributed by atoms with van der Waals surface area (Å²) in [4.78, 5) is 25.5. The summed E-state index contributed by atoms with van der Waals surface area (Å²) in [6.45, 7) is 5.63. The Morgan fingerprint density at radius 2 is 1.91 bits per heavy atom. The quantitative estimate of drug-likeness (QED) is 0.837. The van der Waals surface area contributed by atoms with E-state index in [-0.39, 0.29) is 34.0 Å². The molecule has 8 heteroatoms. The van der Waals surface area contributed by atoms with Gasteiger partial charge in [-0.15, -0.1) is 0 Å². The maximum absolute atomic E-state index is 12.5. The molecule has 0 unspecified atom stereocenters. The second-order valence-corrected chi connectivity index (χ2v) is 7.85. The van der Waals surface area contributed by atoms with E-state index in [0.717, 1.165) is 6.26 Å². The van der Waals surface area contributed by atoms with E-state index in [1.807, 2.05) is 13.8 Å². The van der Waals surface area contributed by atoms with Crippen LogP contribution in [0.15, 0.2) is 23.1 Å². The number of nitrogens with one attached hydrogen (secondary N) is 1. The van der Waals surface area contributed by atoms with Crippen molar-refractivity contribution in [2.75, 3.05) is 19.3 Å². The van der Waals surface area contributed by atoms with Crippen molar-refractivity contribution in [3.8, 4) is 0 Å². The maximum Gasteiger partial charge on any atom is 0.254 e. The van der Waals surface area contributed by atoms with Crippen molar-refractivity contribution in [1.82, 2.24) is 10.2 Å². The molecule has 0 spiro atoms. The molecular formula is C15H21ClN2O4S. The van der Waals surface area contributed by atoms with Gasteiger partial charge in [-0.05, 0) is 39.0 Å². The lowest BCUT2D eigenvalue weighted by molar-refractivity contribution is -0.122. The largest absolute Gasteiger partial charge is 0.352 e. The molecule has 1 N–H and O–H groups in total. The average Bonchev–Trinajstić information content (AvgIpc) is 2.42. The van der Waals surface area contributed by atoms with E-state index < -0.39 is 15.7 Å². The summed E-state index contributed by atoms with van der Waals surface area (Å²) >= 11 is 5.87. The second-order valence-electron chi connectivity index (χ2n) is 5.46. The normalized spacial score (nSPS) is 11.4. The first-order valence-corrected chi connectivity index (χ1v) is 9.41. The van der Waals surface area contributed by atoms with Crippen LogP contribution >= 0.6 is 11.6 Å². The number of amides is 2. The third-order valence-electron chi connectivity index (χ3n) is 3.03. The third-order valence-corrected chi connectivity index (χ3v) is 4.61. The summed E-state index contributed by atoms with van der Waals surface area (Å²) in [5.41, 5.74) is 0.175. The predicted octanol–water partition coefficient (Wildman–Crippen LogP) is 1.73. The first-order valence-electron chi connectivity index (χ1n) is 7.14. The van der Waals surface area contributed by atoms with Crippen molar-refractivity contribution >= 4 is 33.3 Å². The van der Waals surface area contributed by atoms with E-state index in [2.05, 4.69) is 5.32 Å². The van der Waals surface area contributed by atoms with Crippen LogP contribution < -0.4 is 5.32 Å². The minimum absolute atomic E-state index is 0.0244. The molecule has 0 saturated heterocycles. The lowest BCUT2D eigenvalue weighted by atomic mass is 10.2. The number of halogens is 1. The molecule has 0 radical (unpaired) electrons. The lowest BCUT2D eigenvalue weighted by Gasteiger charge is -2.21. The summed E-state index contributed by atoms with van der Waals surface area (Å²) in [7, 11) is -3.54. The van der Waals surface area contributed by atoms with Crippen LogP contribution in [0.5, 0.6) is 0 Å². The van der Waals surface area contributed by atoms with Gasteiger partial charge in [0.15, 0.2) is 9.84 Å². The highest BCUT2D eigenvalue weighted by Crippen LogP contribution is 2.23. The topological polar surface area (TPSA) is 83.6 Å². The summed E-state index contributed by atoms with van der Waals surface area (Å²) < 4.78 is 23.4. The molecule has 0 aliphatic carbocycles. The van der Waals surface area contributed by atoms with Crippen LogP contribution in [0.2, 0.25) is 5.02 Å². The number of carbonyl (C=O) groups is 2. The van der Waals surface area contributed by atoms with Crippen LogP contribution in [0, 0.1) is 0 Å². The summed E-state index contributed by atoms with van der Waals surface area (Å²) in [6, 6.07) is 4.03. The zero-order valence-electron chi connectivity index (χ0n) is 13.6. The van der Waals surface area contributed by atoms with E-state index >= 15 is 0 Å². The monoisotopic (exact) mass is 360 g/mol. The lowest BCUT2D eigenvalue weighted by Crippen LogP contribution is -2.42. The highest BCUT2D eigenvalue weighted by Gasteiger charge is 2.21. The van der Waals surface area contributed by atoms with Crippen molar-refractivity contribution in [2.45, 2.75) is 31.7 Å². The maximum atomic E-state index is 12.5. The Bertz CT molecular complexity index is 701. The minimum atomic E-state index is -3.54. The molecule has 1 aromatic carbocycles. The van der Waals surface area contributed by atoms with E-state index in [9.17, 15) is 18.0 Å². The van der Waals surface area contributed by atoms with Crippen molar-refractivity contribution < 1.29 is 18.0 Å². The van der Waals surface area contributed by atoms with Gasteiger partial charge in [0.25, 0.3) is 5.91 Å². The Labute approximate surface area is 141 Å². The summed E-state index contributed by atoms with van der Waals surface area (Å²) in [5, 5.41) is 2.77. The predicted molar refractivity (Wildman–Crippen MR) is 89.4 cm³/mol. The Hall–Kier alpha value is -1.60. The molecule has 0 aliphatic rings. The number of nitrogens with zero attached hydrogens (tertiary/aromatic N) is 1. The van der Waals surface area contributed by atoms with E-state index in [1.165, 1.54) is 23.1 Å². The number of sulfone groups is 1. The molecule has 1 aromatic rings. The van der Waals surface area contributed by atoms with Crippen LogP contribution in [0.1, 0.15) is 31.1 Å². The van der Waals surface area contributed by atoms with Gasteiger partial charge in [-0.2, -0.15) is 0 Å². The number of carbonyl (C=O) groups excluding carboxylic acids is 2. The zero-order valence-corrected chi connectivity index (χ0v) is 15.2. The van der Waals surface area contributed by atoms with Gasteiger partial charge in [0.2, 0.25) is 5.91 Å². The first kappa shape index (κ1) is 19.4. The fraction of sp³-hybridized carbons (Fsp3) is 0.467. The smallest absolute Gasteiger partial charge is 0.254 e. The Morgan fingerprint density at radius 3 is 2.39 bits per heavy atom. The highest BCUT2D eigenvalue weighted by molar-refractivity contribution is 7.90.